The molecule has 0 aliphatic carbocycles. The number of carboxylic acids is 1. The van der Waals surface area contributed by atoms with E-state index in [0.29, 0.717) is 24.3 Å². The standard InChI is InChI=1S/C15H16N2O6/c1-15(13(20)17(7-12(18)19)14(21)16-15)5-4-9-2-3-10-11(6-9)23-8-22-10/h2-3,6H,4-5,7-8H2,1H3,(H,16,21)(H,18,19). The van der Waals surface area contributed by atoms with Crippen molar-refractivity contribution >= 4 is 17.9 Å². The lowest BCUT2D eigenvalue weighted by molar-refractivity contribution is -0.142. The molecule has 8 heteroatoms. The third-order valence-electron chi connectivity index (χ3n) is 3.99. The monoisotopic (exact) mass is 320 g/mol. The number of hydrogen-bond donors (Lipinski definition) is 2. The van der Waals surface area contributed by atoms with Gasteiger partial charge in [-0.15, -0.1) is 0 Å². The number of carbonyl (C=O) groups excluding carboxylic acids is 2. The number of aliphatic carboxylic acids is 1. The third-order valence-corrected chi connectivity index (χ3v) is 3.99. The number of nitrogens with zero attached hydrogens (tertiary/aromatic N) is 1. The fourth-order valence-corrected chi connectivity index (χ4v) is 2.69. The van der Waals surface area contributed by atoms with Gasteiger partial charge in [-0.1, -0.05) is 6.07 Å². The van der Waals surface area contributed by atoms with E-state index in [0.717, 1.165) is 10.5 Å². The van der Waals surface area contributed by atoms with E-state index < -0.39 is 30.0 Å². The molecule has 23 heavy (non-hydrogen) atoms. The molecule has 0 saturated carbocycles. The van der Waals surface area contributed by atoms with Gasteiger partial charge in [-0.25, -0.2) is 4.79 Å². The van der Waals surface area contributed by atoms with Gasteiger partial charge in [0.25, 0.3) is 5.91 Å². The molecule has 2 N–H and O–H groups in total. The van der Waals surface area contributed by atoms with Crippen LogP contribution in [0.25, 0.3) is 0 Å². The molecule has 1 fully saturated rings. The number of amides is 3. The van der Waals surface area contributed by atoms with Crippen LogP contribution >= 0.6 is 0 Å². The van der Waals surface area contributed by atoms with E-state index in [1.165, 1.54) is 0 Å². The summed E-state index contributed by atoms with van der Waals surface area (Å²) in [5, 5.41) is 11.4. The zero-order valence-corrected chi connectivity index (χ0v) is 12.5. The first kappa shape index (κ1) is 15.1. The van der Waals surface area contributed by atoms with E-state index >= 15 is 0 Å². The van der Waals surface area contributed by atoms with Gasteiger partial charge in [0.2, 0.25) is 6.79 Å². The van der Waals surface area contributed by atoms with Crippen LogP contribution in [0.2, 0.25) is 0 Å². The Morgan fingerprint density at radius 2 is 2.09 bits per heavy atom. The van der Waals surface area contributed by atoms with Gasteiger partial charge in [0.1, 0.15) is 12.1 Å². The van der Waals surface area contributed by atoms with Gasteiger partial charge in [-0.2, -0.15) is 0 Å². The second kappa shape index (κ2) is 5.45. The van der Waals surface area contributed by atoms with Crippen molar-refractivity contribution in [1.82, 2.24) is 10.2 Å². The highest BCUT2D eigenvalue weighted by atomic mass is 16.7. The SMILES string of the molecule is CC1(CCc2ccc3c(c2)OCO3)NC(=O)N(CC(=O)O)C1=O. The van der Waals surface area contributed by atoms with Crippen LogP contribution in [0.4, 0.5) is 4.79 Å². The maximum absolute atomic E-state index is 12.3. The number of benzene rings is 1. The van der Waals surface area contributed by atoms with Gasteiger partial charge < -0.3 is 19.9 Å². The highest BCUT2D eigenvalue weighted by molar-refractivity contribution is 6.08. The molecule has 2 aliphatic heterocycles. The number of rotatable bonds is 5. The summed E-state index contributed by atoms with van der Waals surface area (Å²) in [7, 11) is 0. The predicted octanol–water partition coefficient (Wildman–Crippen LogP) is 0.743. The van der Waals surface area contributed by atoms with Crippen LogP contribution < -0.4 is 14.8 Å². The lowest BCUT2D eigenvalue weighted by atomic mass is 9.93. The molecule has 2 heterocycles. The van der Waals surface area contributed by atoms with Crippen molar-refractivity contribution in [3.63, 3.8) is 0 Å². The Bertz CT molecular complexity index is 689. The van der Waals surface area contributed by atoms with E-state index in [1.54, 1.807) is 13.0 Å². The van der Waals surface area contributed by atoms with Gasteiger partial charge in [0, 0.05) is 0 Å². The number of urea groups is 1. The van der Waals surface area contributed by atoms with Gasteiger partial charge >= 0.3 is 12.0 Å². The van der Waals surface area contributed by atoms with Crippen molar-refractivity contribution in [3.05, 3.63) is 23.8 Å². The Balaban J connectivity index is 1.69. The number of fused-ring (bicyclic) bond motifs is 1. The minimum atomic E-state index is -1.23. The summed E-state index contributed by atoms with van der Waals surface area (Å²) in [6.07, 6.45) is 0.882. The van der Waals surface area contributed by atoms with Gasteiger partial charge in [0.15, 0.2) is 11.5 Å². The quantitative estimate of drug-likeness (QED) is 0.775. The van der Waals surface area contributed by atoms with Crippen LogP contribution in [0.1, 0.15) is 18.9 Å². The summed E-state index contributed by atoms with van der Waals surface area (Å²) in [4.78, 5) is 35.6. The first-order valence-corrected chi connectivity index (χ1v) is 7.13. The second-order valence-electron chi connectivity index (χ2n) is 5.73. The topological polar surface area (TPSA) is 105 Å². The zero-order valence-electron chi connectivity index (χ0n) is 12.5. The molecular formula is C15H16N2O6. The van der Waals surface area contributed by atoms with Crippen molar-refractivity contribution in [3.8, 4) is 11.5 Å². The van der Waals surface area contributed by atoms with Crippen molar-refractivity contribution in [2.75, 3.05) is 13.3 Å². The molecule has 0 bridgehead atoms. The number of ether oxygens (including phenoxy) is 2. The van der Waals surface area contributed by atoms with E-state index in [2.05, 4.69) is 5.32 Å². The van der Waals surface area contributed by atoms with Crippen LogP contribution in [0.15, 0.2) is 18.2 Å². The number of aryl methyl sites for hydroxylation is 1. The Kier molecular flexibility index (Phi) is 3.59. The molecule has 1 saturated heterocycles. The van der Waals surface area contributed by atoms with Crippen LogP contribution in [-0.2, 0) is 16.0 Å². The highest BCUT2D eigenvalue weighted by Crippen LogP contribution is 2.33. The van der Waals surface area contributed by atoms with Gasteiger partial charge in [-0.05, 0) is 37.5 Å². The molecule has 1 aromatic rings. The Morgan fingerprint density at radius 3 is 2.83 bits per heavy atom. The highest BCUT2D eigenvalue weighted by Gasteiger charge is 2.47. The smallest absolute Gasteiger partial charge is 0.325 e. The second-order valence-corrected chi connectivity index (χ2v) is 5.73. The minimum absolute atomic E-state index is 0.190. The van der Waals surface area contributed by atoms with Crippen molar-refractivity contribution in [2.24, 2.45) is 0 Å². The van der Waals surface area contributed by atoms with E-state index in [1.807, 2.05) is 12.1 Å². The summed E-state index contributed by atoms with van der Waals surface area (Å²) in [5.41, 5.74) is -0.169. The van der Waals surface area contributed by atoms with Crippen LogP contribution in [0.5, 0.6) is 11.5 Å². The summed E-state index contributed by atoms with van der Waals surface area (Å²) in [5.74, 6) is -0.418. The first-order chi connectivity index (χ1) is 10.9. The molecule has 2 aliphatic rings. The summed E-state index contributed by atoms with van der Waals surface area (Å²) in [6, 6.07) is 4.83. The summed E-state index contributed by atoms with van der Waals surface area (Å²) < 4.78 is 10.5. The summed E-state index contributed by atoms with van der Waals surface area (Å²) in [6.45, 7) is 1.15. The summed E-state index contributed by atoms with van der Waals surface area (Å²) >= 11 is 0. The predicted molar refractivity (Wildman–Crippen MR) is 77.2 cm³/mol. The minimum Gasteiger partial charge on any atom is -0.480 e. The maximum atomic E-state index is 12.3. The number of carboxylic acid groups (broad SMARTS) is 1. The largest absolute Gasteiger partial charge is 0.480 e. The van der Waals surface area contributed by atoms with E-state index in [4.69, 9.17) is 14.6 Å². The van der Waals surface area contributed by atoms with Crippen molar-refractivity contribution in [1.29, 1.82) is 0 Å². The van der Waals surface area contributed by atoms with Crippen molar-refractivity contribution in [2.45, 2.75) is 25.3 Å². The number of imide groups is 1. The molecule has 1 atom stereocenters. The Hall–Kier alpha value is -2.77. The van der Waals surface area contributed by atoms with Crippen LogP contribution in [-0.4, -0.2) is 46.8 Å². The van der Waals surface area contributed by atoms with E-state index in [9.17, 15) is 14.4 Å². The maximum Gasteiger partial charge on any atom is 0.325 e. The Morgan fingerprint density at radius 1 is 1.35 bits per heavy atom. The average molecular weight is 320 g/mol. The first-order valence-electron chi connectivity index (χ1n) is 7.13. The van der Waals surface area contributed by atoms with Gasteiger partial charge in [-0.3, -0.25) is 14.5 Å². The molecule has 3 amide bonds. The fraction of sp³-hybridized carbons (Fsp3) is 0.400. The number of nitrogens with one attached hydrogen (secondary N) is 1. The molecule has 3 rings (SSSR count). The van der Waals surface area contributed by atoms with E-state index in [-0.39, 0.29) is 6.79 Å². The normalized spacial score (nSPS) is 22.4. The molecule has 122 valence electrons. The van der Waals surface area contributed by atoms with Crippen LogP contribution in [0.3, 0.4) is 0 Å². The number of carbonyl (C=O) groups is 3. The third kappa shape index (κ3) is 2.79. The molecular weight excluding hydrogens is 304 g/mol. The zero-order chi connectivity index (χ0) is 16.6. The van der Waals surface area contributed by atoms with Crippen LogP contribution in [0, 0.1) is 0 Å². The molecule has 0 spiro atoms. The molecule has 8 nitrogen and oxygen atoms in total. The average Bonchev–Trinajstić information content (AvgIpc) is 3.04. The molecule has 0 aromatic heterocycles. The number of hydrogen-bond acceptors (Lipinski definition) is 5. The molecule has 1 aromatic carbocycles. The lowest BCUT2D eigenvalue weighted by Gasteiger charge is -2.21. The van der Waals surface area contributed by atoms with Crippen molar-refractivity contribution < 1.29 is 29.0 Å². The molecule has 1 unspecified atom stereocenters. The lowest BCUT2D eigenvalue weighted by Crippen LogP contribution is -2.44. The molecule has 0 radical (unpaired) electrons. The Labute approximate surface area is 132 Å². The fourth-order valence-electron chi connectivity index (χ4n) is 2.69. The van der Waals surface area contributed by atoms with Gasteiger partial charge in [0.05, 0.1) is 0 Å².